The zero-order valence-corrected chi connectivity index (χ0v) is 15.2. The Bertz CT molecular complexity index is 1190. The van der Waals surface area contributed by atoms with E-state index in [0.29, 0.717) is 28.3 Å². The van der Waals surface area contributed by atoms with Crippen LogP contribution in [0.2, 0.25) is 0 Å². The van der Waals surface area contributed by atoms with Crippen LogP contribution in [0.4, 0.5) is 11.4 Å². The number of nitrogens with zero attached hydrogens (tertiary/aromatic N) is 2. The van der Waals surface area contributed by atoms with Gasteiger partial charge in [-0.2, -0.15) is 0 Å². The number of aromatic nitrogens is 2. The molecule has 0 bridgehead atoms. The second-order valence-corrected chi connectivity index (χ2v) is 6.27. The number of imidazole rings is 1. The van der Waals surface area contributed by atoms with Crippen LogP contribution in [0.15, 0.2) is 72.8 Å². The van der Waals surface area contributed by atoms with E-state index in [1.165, 1.54) is 12.1 Å². The lowest BCUT2D eigenvalue weighted by atomic mass is 10.2. The van der Waals surface area contributed by atoms with Crippen molar-refractivity contribution in [3.63, 3.8) is 0 Å². The summed E-state index contributed by atoms with van der Waals surface area (Å²) in [6, 6.07) is 20.7. The van der Waals surface area contributed by atoms with Crippen LogP contribution in [0.5, 0.6) is 5.75 Å². The van der Waals surface area contributed by atoms with Gasteiger partial charge in [0, 0.05) is 23.4 Å². The number of carbonyl (C=O) groups is 1. The lowest BCUT2D eigenvalue weighted by Gasteiger charge is -2.08. The van der Waals surface area contributed by atoms with Gasteiger partial charge in [-0.1, -0.05) is 30.3 Å². The number of anilines is 1. The predicted molar refractivity (Wildman–Crippen MR) is 109 cm³/mol. The van der Waals surface area contributed by atoms with Crippen molar-refractivity contribution in [2.75, 3.05) is 11.9 Å². The Balaban J connectivity index is 1.48. The van der Waals surface area contributed by atoms with E-state index in [0.717, 1.165) is 5.56 Å². The van der Waals surface area contributed by atoms with Gasteiger partial charge in [-0.15, -0.1) is 0 Å². The number of fused-ring (bicyclic) bond motifs is 1. The lowest BCUT2D eigenvalue weighted by molar-refractivity contribution is -0.384. The van der Waals surface area contributed by atoms with Crippen LogP contribution >= 0.6 is 0 Å². The van der Waals surface area contributed by atoms with Gasteiger partial charge in [0.2, 0.25) is 0 Å². The molecule has 0 spiro atoms. The second-order valence-electron chi connectivity index (χ2n) is 6.27. The first-order chi connectivity index (χ1) is 14.1. The minimum absolute atomic E-state index is 0.00536. The Hall–Kier alpha value is -4.20. The molecule has 2 N–H and O–H groups in total. The van der Waals surface area contributed by atoms with Gasteiger partial charge in [0.25, 0.3) is 11.6 Å². The summed E-state index contributed by atoms with van der Waals surface area (Å²) >= 11 is 0. The van der Waals surface area contributed by atoms with Crippen molar-refractivity contribution in [1.82, 2.24) is 9.97 Å². The van der Waals surface area contributed by atoms with Gasteiger partial charge in [-0.25, -0.2) is 4.98 Å². The minimum atomic E-state index is -0.449. The zero-order valence-electron chi connectivity index (χ0n) is 15.2. The highest BCUT2D eigenvalue weighted by atomic mass is 16.6. The third-order valence-corrected chi connectivity index (χ3v) is 4.21. The molecule has 4 aromatic rings. The summed E-state index contributed by atoms with van der Waals surface area (Å²) in [6.45, 7) is -0.134. The highest BCUT2D eigenvalue weighted by Gasteiger charge is 2.11. The number of H-pyrrole nitrogens is 1. The molecule has 3 aromatic carbocycles. The van der Waals surface area contributed by atoms with Crippen molar-refractivity contribution in [1.29, 1.82) is 0 Å². The van der Waals surface area contributed by atoms with Crippen LogP contribution in [0.3, 0.4) is 0 Å². The molecule has 0 aliphatic heterocycles. The van der Waals surface area contributed by atoms with E-state index in [9.17, 15) is 14.9 Å². The first-order valence-corrected chi connectivity index (χ1v) is 8.81. The maximum atomic E-state index is 12.0. The van der Waals surface area contributed by atoms with Gasteiger partial charge in [-0.3, -0.25) is 14.9 Å². The summed E-state index contributed by atoms with van der Waals surface area (Å²) in [5.74, 6) is 0.800. The van der Waals surface area contributed by atoms with Crippen LogP contribution in [0.25, 0.3) is 22.4 Å². The minimum Gasteiger partial charge on any atom is -0.484 e. The summed E-state index contributed by atoms with van der Waals surface area (Å²) in [5.41, 5.74) is 2.63. The van der Waals surface area contributed by atoms with E-state index in [1.54, 1.807) is 36.4 Å². The molecule has 8 heteroatoms. The van der Waals surface area contributed by atoms with Crippen LogP contribution in [-0.2, 0) is 4.79 Å². The Morgan fingerprint density at radius 3 is 2.69 bits per heavy atom. The molecule has 0 aliphatic carbocycles. The molecular weight excluding hydrogens is 372 g/mol. The monoisotopic (exact) mass is 388 g/mol. The number of carbonyl (C=O) groups excluding carboxylic acids is 1. The van der Waals surface area contributed by atoms with Crippen LogP contribution < -0.4 is 10.1 Å². The fourth-order valence-corrected chi connectivity index (χ4v) is 2.85. The molecule has 144 valence electrons. The molecule has 29 heavy (non-hydrogen) atoms. The van der Waals surface area contributed by atoms with E-state index < -0.39 is 4.92 Å². The van der Waals surface area contributed by atoms with E-state index in [-0.39, 0.29) is 18.2 Å². The molecule has 0 unspecified atom stereocenters. The van der Waals surface area contributed by atoms with Crippen LogP contribution in [0.1, 0.15) is 0 Å². The second kappa shape index (κ2) is 7.81. The molecule has 1 aromatic heterocycles. The number of hydrogen-bond acceptors (Lipinski definition) is 5. The van der Waals surface area contributed by atoms with E-state index in [4.69, 9.17) is 4.74 Å². The average molecular weight is 388 g/mol. The Labute approximate surface area is 165 Å². The fraction of sp³-hybridized carbons (Fsp3) is 0.0476. The molecule has 4 rings (SSSR count). The van der Waals surface area contributed by atoms with Crippen molar-refractivity contribution >= 4 is 28.3 Å². The first kappa shape index (κ1) is 18.2. The normalized spacial score (nSPS) is 10.6. The number of ether oxygens (including phenoxy) is 1. The largest absolute Gasteiger partial charge is 0.484 e. The number of para-hydroxylation sites is 1. The molecule has 1 heterocycles. The number of rotatable bonds is 6. The van der Waals surface area contributed by atoms with Gasteiger partial charge >= 0.3 is 0 Å². The number of nitro groups is 1. The van der Waals surface area contributed by atoms with E-state index in [2.05, 4.69) is 15.3 Å². The number of amides is 1. The van der Waals surface area contributed by atoms with E-state index in [1.807, 2.05) is 24.3 Å². The van der Waals surface area contributed by atoms with Crippen molar-refractivity contribution in [2.45, 2.75) is 0 Å². The first-order valence-electron chi connectivity index (χ1n) is 8.81. The number of aromatic amines is 1. The summed E-state index contributed by atoms with van der Waals surface area (Å²) in [7, 11) is 0. The third-order valence-electron chi connectivity index (χ3n) is 4.21. The molecule has 1 amide bonds. The third kappa shape index (κ3) is 4.22. The predicted octanol–water partition coefficient (Wildman–Crippen LogP) is 4.16. The molecule has 8 nitrogen and oxygen atoms in total. The smallest absolute Gasteiger partial charge is 0.271 e. The van der Waals surface area contributed by atoms with Crippen LogP contribution in [0, 0.1) is 10.1 Å². The lowest BCUT2D eigenvalue weighted by Crippen LogP contribution is -2.20. The topological polar surface area (TPSA) is 110 Å². The van der Waals surface area contributed by atoms with Gasteiger partial charge in [0.1, 0.15) is 11.6 Å². The molecule has 0 atom stereocenters. The maximum absolute atomic E-state index is 12.0. The zero-order chi connectivity index (χ0) is 20.2. The molecule has 0 aliphatic rings. The van der Waals surface area contributed by atoms with Crippen LogP contribution in [-0.4, -0.2) is 27.4 Å². The quantitative estimate of drug-likeness (QED) is 0.381. The van der Waals surface area contributed by atoms with Gasteiger partial charge in [0.05, 0.1) is 16.0 Å². The number of benzene rings is 3. The van der Waals surface area contributed by atoms with Gasteiger partial charge in [0.15, 0.2) is 6.61 Å². The summed E-state index contributed by atoms with van der Waals surface area (Å²) in [4.78, 5) is 30.1. The highest BCUT2D eigenvalue weighted by Crippen LogP contribution is 2.26. The Morgan fingerprint density at radius 2 is 1.90 bits per heavy atom. The number of hydrogen-bond donors (Lipinski definition) is 2. The SMILES string of the molecule is O=C(COc1cccc(-c2nc3ccc([N+](=O)[O-])cc3[nH]2)c1)Nc1ccccc1. The average Bonchev–Trinajstić information content (AvgIpc) is 3.17. The summed E-state index contributed by atoms with van der Waals surface area (Å²) in [6.07, 6.45) is 0. The summed E-state index contributed by atoms with van der Waals surface area (Å²) in [5, 5.41) is 13.7. The fourth-order valence-electron chi connectivity index (χ4n) is 2.85. The van der Waals surface area contributed by atoms with Crippen molar-refractivity contribution in [3.05, 3.63) is 82.9 Å². The molecule has 0 saturated carbocycles. The van der Waals surface area contributed by atoms with Gasteiger partial charge in [-0.05, 0) is 30.3 Å². The molecule has 0 saturated heterocycles. The van der Waals surface area contributed by atoms with Gasteiger partial charge < -0.3 is 15.0 Å². The summed E-state index contributed by atoms with van der Waals surface area (Å²) < 4.78 is 5.58. The molecule has 0 fully saturated rings. The Kier molecular flexibility index (Phi) is 4.90. The number of nitro benzene ring substituents is 1. The van der Waals surface area contributed by atoms with Crippen molar-refractivity contribution in [2.24, 2.45) is 0 Å². The number of nitrogens with one attached hydrogen (secondary N) is 2. The Morgan fingerprint density at radius 1 is 1.07 bits per heavy atom. The highest BCUT2D eigenvalue weighted by molar-refractivity contribution is 5.91. The van der Waals surface area contributed by atoms with Crippen molar-refractivity contribution < 1.29 is 14.5 Å². The molecule has 0 radical (unpaired) electrons. The standard InChI is InChI=1S/C21H16N4O4/c26-20(22-15-6-2-1-3-7-15)13-29-17-8-4-5-14(11-17)21-23-18-10-9-16(25(27)28)12-19(18)24-21/h1-12H,13H2,(H,22,26)(H,23,24). The number of non-ortho nitro benzene ring substituents is 1. The van der Waals surface area contributed by atoms with E-state index >= 15 is 0 Å². The molecular formula is C21H16N4O4. The van der Waals surface area contributed by atoms with Crippen molar-refractivity contribution in [3.8, 4) is 17.1 Å². The maximum Gasteiger partial charge on any atom is 0.271 e.